The molecule has 3 rings (SSSR count). The Kier molecular flexibility index (Phi) is 5.25. The van der Waals surface area contributed by atoms with Gasteiger partial charge >= 0.3 is 0 Å². The Balaban J connectivity index is 1.66. The summed E-state index contributed by atoms with van der Waals surface area (Å²) in [4.78, 5) is 31.2. The van der Waals surface area contributed by atoms with Gasteiger partial charge in [0.15, 0.2) is 0 Å². The van der Waals surface area contributed by atoms with Gasteiger partial charge in [-0.05, 0) is 23.8 Å². The molecule has 130 valence electrons. The molecule has 1 fully saturated rings. The molecule has 0 spiro atoms. The molecule has 2 aromatic rings. The SMILES string of the molecule is O=C(c1cc(Cl)ccc1[N+](=O)[O-])N1CCN(Cc2cccnc2)CC1. The first-order valence-corrected chi connectivity index (χ1v) is 8.27. The fraction of sp³-hybridized carbons (Fsp3) is 0.294. The van der Waals surface area contributed by atoms with Crippen LogP contribution in [0, 0.1) is 10.1 Å². The number of nitrogens with zero attached hydrogens (tertiary/aromatic N) is 4. The van der Waals surface area contributed by atoms with Crippen molar-refractivity contribution < 1.29 is 9.72 Å². The molecular weight excluding hydrogens is 344 g/mol. The predicted octanol–water partition coefficient (Wildman–Crippen LogP) is 2.60. The third-order valence-corrected chi connectivity index (χ3v) is 4.41. The summed E-state index contributed by atoms with van der Waals surface area (Å²) in [6.45, 7) is 3.21. The lowest BCUT2D eigenvalue weighted by molar-refractivity contribution is -0.385. The number of piperazine rings is 1. The number of aromatic nitrogens is 1. The van der Waals surface area contributed by atoms with Gasteiger partial charge in [0.05, 0.1) is 4.92 Å². The van der Waals surface area contributed by atoms with E-state index in [0.717, 1.165) is 12.1 Å². The van der Waals surface area contributed by atoms with E-state index in [1.54, 1.807) is 11.1 Å². The van der Waals surface area contributed by atoms with E-state index in [2.05, 4.69) is 9.88 Å². The molecule has 1 saturated heterocycles. The first-order valence-electron chi connectivity index (χ1n) is 7.89. The van der Waals surface area contributed by atoms with Crippen LogP contribution in [0.1, 0.15) is 15.9 Å². The Bertz CT molecular complexity index is 777. The number of hydrogen-bond acceptors (Lipinski definition) is 5. The van der Waals surface area contributed by atoms with Crippen molar-refractivity contribution in [2.45, 2.75) is 6.54 Å². The number of halogens is 1. The zero-order valence-electron chi connectivity index (χ0n) is 13.5. The van der Waals surface area contributed by atoms with Crippen molar-refractivity contribution in [3.63, 3.8) is 0 Å². The van der Waals surface area contributed by atoms with Crippen LogP contribution in [0.25, 0.3) is 0 Å². The minimum Gasteiger partial charge on any atom is -0.336 e. The second-order valence-corrected chi connectivity index (χ2v) is 6.28. The third-order valence-electron chi connectivity index (χ3n) is 4.17. The number of pyridine rings is 1. The highest BCUT2D eigenvalue weighted by molar-refractivity contribution is 6.31. The molecule has 25 heavy (non-hydrogen) atoms. The number of benzene rings is 1. The Hall–Kier alpha value is -2.51. The minimum absolute atomic E-state index is 0.0400. The molecule has 1 aliphatic heterocycles. The maximum Gasteiger partial charge on any atom is 0.282 e. The fourth-order valence-corrected chi connectivity index (χ4v) is 3.04. The van der Waals surface area contributed by atoms with Crippen LogP contribution < -0.4 is 0 Å². The Morgan fingerprint density at radius 1 is 1.24 bits per heavy atom. The summed E-state index contributed by atoms with van der Waals surface area (Å²) in [5.74, 6) is -0.352. The van der Waals surface area contributed by atoms with Gasteiger partial charge in [-0.25, -0.2) is 0 Å². The molecule has 0 N–H and O–H groups in total. The minimum atomic E-state index is -0.553. The number of amides is 1. The summed E-state index contributed by atoms with van der Waals surface area (Å²) in [6.07, 6.45) is 3.56. The van der Waals surface area contributed by atoms with E-state index in [1.807, 2.05) is 18.3 Å². The average Bonchev–Trinajstić information content (AvgIpc) is 2.62. The molecule has 0 bridgehead atoms. The lowest BCUT2D eigenvalue weighted by atomic mass is 10.1. The van der Waals surface area contributed by atoms with Crippen molar-refractivity contribution in [3.8, 4) is 0 Å². The van der Waals surface area contributed by atoms with Crippen molar-refractivity contribution in [1.29, 1.82) is 0 Å². The van der Waals surface area contributed by atoms with E-state index in [1.165, 1.54) is 18.2 Å². The van der Waals surface area contributed by atoms with Crippen LogP contribution >= 0.6 is 11.6 Å². The number of nitro benzene ring substituents is 1. The molecule has 0 atom stereocenters. The van der Waals surface area contributed by atoms with E-state index in [-0.39, 0.29) is 17.2 Å². The number of rotatable bonds is 4. The third kappa shape index (κ3) is 4.12. The lowest BCUT2D eigenvalue weighted by Gasteiger charge is -2.34. The molecule has 0 aliphatic carbocycles. The zero-order chi connectivity index (χ0) is 17.8. The van der Waals surface area contributed by atoms with E-state index in [0.29, 0.717) is 31.2 Å². The monoisotopic (exact) mass is 360 g/mol. The van der Waals surface area contributed by atoms with Gasteiger partial charge in [-0.2, -0.15) is 0 Å². The summed E-state index contributed by atoms with van der Waals surface area (Å²) in [5, 5.41) is 11.5. The summed E-state index contributed by atoms with van der Waals surface area (Å²) in [7, 11) is 0. The van der Waals surface area contributed by atoms with Gasteiger partial charge in [-0.1, -0.05) is 17.7 Å². The summed E-state index contributed by atoms with van der Waals surface area (Å²) in [6, 6.07) is 7.97. The van der Waals surface area contributed by atoms with Gasteiger partial charge in [-0.15, -0.1) is 0 Å². The normalized spacial score (nSPS) is 15.2. The van der Waals surface area contributed by atoms with Crippen LogP contribution in [0.3, 0.4) is 0 Å². The Labute approximate surface area is 150 Å². The summed E-state index contributed by atoms with van der Waals surface area (Å²) in [5.41, 5.74) is 0.943. The topological polar surface area (TPSA) is 79.6 Å². The second-order valence-electron chi connectivity index (χ2n) is 5.85. The first-order chi connectivity index (χ1) is 12.0. The molecule has 1 aromatic heterocycles. The van der Waals surface area contributed by atoms with Crippen LogP contribution in [0.15, 0.2) is 42.7 Å². The summed E-state index contributed by atoms with van der Waals surface area (Å²) >= 11 is 5.91. The molecular formula is C17H17ClN4O3. The maximum atomic E-state index is 12.7. The van der Waals surface area contributed by atoms with E-state index < -0.39 is 4.92 Å². The van der Waals surface area contributed by atoms with E-state index in [4.69, 9.17) is 11.6 Å². The lowest BCUT2D eigenvalue weighted by Crippen LogP contribution is -2.48. The number of carbonyl (C=O) groups is 1. The van der Waals surface area contributed by atoms with Gasteiger partial charge < -0.3 is 4.90 Å². The molecule has 1 amide bonds. The van der Waals surface area contributed by atoms with E-state index in [9.17, 15) is 14.9 Å². The van der Waals surface area contributed by atoms with Crippen molar-refractivity contribution in [3.05, 3.63) is 69.0 Å². The van der Waals surface area contributed by atoms with Crippen LogP contribution in [-0.4, -0.2) is 51.8 Å². The molecule has 0 saturated carbocycles. The molecule has 8 heteroatoms. The molecule has 1 aliphatic rings. The molecule has 2 heterocycles. The number of nitro groups is 1. The standard InChI is InChI=1S/C17H17ClN4O3/c18-14-3-4-16(22(24)25)15(10-14)17(23)21-8-6-20(7-9-21)12-13-2-1-5-19-11-13/h1-5,10-11H,6-9,12H2. The van der Waals surface area contributed by atoms with Gasteiger partial charge in [0.1, 0.15) is 5.56 Å². The van der Waals surface area contributed by atoms with Crippen LogP contribution in [0.5, 0.6) is 0 Å². The maximum absolute atomic E-state index is 12.7. The highest BCUT2D eigenvalue weighted by atomic mass is 35.5. The van der Waals surface area contributed by atoms with E-state index >= 15 is 0 Å². The van der Waals surface area contributed by atoms with Gasteiger partial charge in [-0.3, -0.25) is 24.8 Å². The second kappa shape index (κ2) is 7.58. The van der Waals surface area contributed by atoms with Crippen LogP contribution in [-0.2, 0) is 6.54 Å². The molecule has 0 radical (unpaired) electrons. The highest BCUT2D eigenvalue weighted by Gasteiger charge is 2.27. The fourth-order valence-electron chi connectivity index (χ4n) is 2.87. The largest absolute Gasteiger partial charge is 0.336 e. The molecule has 1 aromatic carbocycles. The first kappa shape index (κ1) is 17.3. The number of hydrogen-bond donors (Lipinski definition) is 0. The van der Waals surface area contributed by atoms with Gasteiger partial charge in [0, 0.05) is 56.2 Å². The summed E-state index contributed by atoms with van der Waals surface area (Å²) < 4.78 is 0. The zero-order valence-corrected chi connectivity index (χ0v) is 14.2. The van der Waals surface area contributed by atoms with Crippen molar-refractivity contribution in [2.75, 3.05) is 26.2 Å². The Morgan fingerprint density at radius 3 is 2.64 bits per heavy atom. The molecule has 0 unspecified atom stereocenters. The predicted molar refractivity (Wildman–Crippen MR) is 93.5 cm³/mol. The smallest absolute Gasteiger partial charge is 0.282 e. The van der Waals surface area contributed by atoms with Crippen LogP contribution in [0.2, 0.25) is 5.02 Å². The van der Waals surface area contributed by atoms with Crippen molar-refractivity contribution >= 4 is 23.2 Å². The average molecular weight is 361 g/mol. The quantitative estimate of drug-likeness (QED) is 0.618. The Morgan fingerprint density at radius 2 is 2.00 bits per heavy atom. The number of carbonyl (C=O) groups excluding carboxylic acids is 1. The van der Waals surface area contributed by atoms with Gasteiger partial charge in [0.25, 0.3) is 11.6 Å². The van der Waals surface area contributed by atoms with Crippen molar-refractivity contribution in [1.82, 2.24) is 14.8 Å². The van der Waals surface area contributed by atoms with Crippen LogP contribution in [0.4, 0.5) is 5.69 Å². The highest BCUT2D eigenvalue weighted by Crippen LogP contribution is 2.24. The van der Waals surface area contributed by atoms with Gasteiger partial charge in [0.2, 0.25) is 0 Å². The molecule has 7 nitrogen and oxygen atoms in total. The van der Waals surface area contributed by atoms with Crippen molar-refractivity contribution in [2.24, 2.45) is 0 Å².